The van der Waals surface area contributed by atoms with Gasteiger partial charge in [0.1, 0.15) is 5.75 Å². The van der Waals surface area contributed by atoms with Crippen LogP contribution in [0, 0.1) is 11.8 Å². The third kappa shape index (κ3) is 5.10. The topological polar surface area (TPSA) is 87.7 Å². The summed E-state index contributed by atoms with van der Waals surface area (Å²) in [6.45, 7) is 1.90. The van der Waals surface area contributed by atoms with E-state index in [1.807, 2.05) is 23.1 Å². The lowest BCUT2D eigenvalue weighted by Crippen LogP contribution is -2.53. The van der Waals surface area contributed by atoms with Crippen molar-refractivity contribution < 1.29 is 19.1 Å². The van der Waals surface area contributed by atoms with Crippen molar-refractivity contribution in [3.8, 4) is 5.75 Å². The summed E-state index contributed by atoms with van der Waals surface area (Å²) in [6.07, 6.45) is 8.95. The summed E-state index contributed by atoms with van der Waals surface area (Å²) in [5.41, 5.74) is 1.67. The summed E-state index contributed by atoms with van der Waals surface area (Å²) in [4.78, 5) is 39.2. The zero-order valence-electron chi connectivity index (χ0n) is 18.5. The number of nitrogens with one attached hydrogen (secondary N) is 2. The van der Waals surface area contributed by atoms with Crippen molar-refractivity contribution in [1.82, 2.24) is 15.5 Å². The molecule has 1 amide bonds. The molecule has 170 valence electrons. The maximum Gasteiger partial charge on any atom is 0.222 e. The first-order chi connectivity index (χ1) is 15.5. The van der Waals surface area contributed by atoms with Crippen LogP contribution in [0.3, 0.4) is 0 Å². The highest BCUT2D eigenvalue weighted by atomic mass is 16.5. The summed E-state index contributed by atoms with van der Waals surface area (Å²) in [5, 5.41) is 6.75. The Labute approximate surface area is 188 Å². The number of likely N-dealkylation sites (tertiary alicyclic amines) is 1. The molecule has 2 unspecified atom stereocenters. The van der Waals surface area contributed by atoms with Crippen molar-refractivity contribution in [1.29, 1.82) is 0 Å². The van der Waals surface area contributed by atoms with E-state index >= 15 is 0 Å². The fraction of sp³-hybridized carbons (Fsp3) is 0.480. The van der Waals surface area contributed by atoms with Gasteiger partial charge in [-0.05, 0) is 62.1 Å². The van der Waals surface area contributed by atoms with Gasteiger partial charge in [0.25, 0.3) is 0 Å². The molecule has 1 aliphatic carbocycles. The molecule has 3 aliphatic rings. The molecule has 32 heavy (non-hydrogen) atoms. The Hall–Kier alpha value is -2.93. The highest BCUT2D eigenvalue weighted by Crippen LogP contribution is 2.24. The van der Waals surface area contributed by atoms with E-state index in [0.29, 0.717) is 44.5 Å². The summed E-state index contributed by atoms with van der Waals surface area (Å²) < 4.78 is 5.15. The van der Waals surface area contributed by atoms with Gasteiger partial charge in [-0.25, -0.2) is 0 Å². The molecular formula is C25H31N3O4. The van der Waals surface area contributed by atoms with E-state index in [0.717, 1.165) is 24.3 Å². The van der Waals surface area contributed by atoms with Gasteiger partial charge in [0.2, 0.25) is 5.91 Å². The predicted octanol–water partition coefficient (Wildman–Crippen LogP) is 2.44. The maximum absolute atomic E-state index is 12.8. The van der Waals surface area contributed by atoms with Crippen LogP contribution < -0.4 is 15.4 Å². The van der Waals surface area contributed by atoms with E-state index in [-0.39, 0.29) is 35.5 Å². The Morgan fingerprint density at radius 3 is 2.62 bits per heavy atom. The fourth-order valence-corrected chi connectivity index (χ4v) is 4.68. The first-order valence-corrected chi connectivity index (χ1v) is 11.4. The number of fused-ring (bicyclic) bond motifs is 1. The van der Waals surface area contributed by atoms with Gasteiger partial charge in [-0.1, -0.05) is 6.08 Å². The van der Waals surface area contributed by atoms with E-state index in [1.54, 1.807) is 31.4 Å². The molecule has 7 heteroatoms. The van der Waals surface area contributed by atoms with Gasteiger partial charge in [-0.2, -0.15) is 0 Å². The van der Waals surface area contributed by atoms with Crippen LogP contribution in [0.2, 0.25) is 0 Å². The molecule has 1 aromatic rings. The Balaban J connectivity index is 1.18. The van der Waals surface area contributed by atoms with Crippen molar-refractivity contribution in [2.45, 2.75) is 38.3 Å². The summed E-state index contributed by atoms with van der Waals surface area (Å²) >= 11 is 0. The molecule has 0 aromatic heterocycles. The number of ether oxygens (including phenoxy) is 1. The van der Waals surface area contributed by atoms with Crippen molar-refractivity contribution in [3.63, 3.8) is 0 Å². The lowest BCUT2D eigenvalue weighted by atomic mass is 9.88. The van der Waals surface area contributed by atoms with Crippen LogP contribution in [0.1, 0.15) is 42.5 Å². The fourth-order valence-electron chi connectivity index (χ4n) is 4.68. The minimum absolute atomic E-state index is 0.0310. The van der Waals surface area contributed by atoms with Crippen LogP contribution in [0.25, 0.3) is 0 Å². The Kier molecular flexibility index (Phi) is 7.05. The molecular weight excluding hydrogens is 406 g/mol. The van der Waals surface area contributed by atoms with Gasteiger partial charge < -0.3 is 15.0 Å². The third-order valence-corrected chi connectivity index (χ3v) is 6.64. The number of carbonyl (C=O) groups is 3. The lowest BCUT2D eigenvalue weighted by molar-refractivity contribution is -0.132. The van der Waals surface area contributed by atoms with Gasteiger partial charge in [0.15, 0.2) is 11.6 Å². The number of ketones is 2. The van der Waals surface area contributed by atoms with Crippen molar-refractivity contribution in [2.75, 3.05) is 26.7 Å². The van der Waals surface area contributed by atoms with Crippen molar-refractivity contribution >= 4 is 17.5 Å². The zero-order chi connectivity index (χ0) is 22.5. The average Bonchev–Trinajstić information content (AvgIpc) is 2.84. The third-order valence-electron chi connectivity index (χ3n) is 6.64. The number of piperidine rings is 1. The predicted molar refractivity (Wildman–Crippen MR) is 121 cm³/mol. The Bertz CT molecular complexity index is 914. The number of hydrogen-bond acceptors (Lipinski definition) is 6. The highest BCUT2D eigenvalue weighted by molar-refractivity contribution is 5.98. The second-order valence-electron chi connectivity index (χ2n) is 8.68. The molecule has 1 aromatic carbocycles. The minimum atomic E-state index is -0.111. The molecule has 7 nitrogen and oxygen atoms in total. The maximum atomic E-state index is 12.8. The number of methoxy groups -OCH3 is 1. The number of benzene rings is 1. The van der Waals surface area contributed by atoms with Crippen molar-refractivity contribution in [2.24, 2.45) is 11.8 Å². The molecule has 2 saturated heterocycles. The lowest BCUT2D eigenvalue weighted by Gasteiger charge is -2.34. The number of allylic oxidation sites excluding steroid dienone is 3. The largest absolute Gasteiger partial charge is 0.497 e. The quantitative estimate of drug-likeness (QED) is 0.637. The van der Waals surface area contributed by atoms with Gasteiger partial charge in [0.05, 0.1) is 19.2 Å². The summed E-state index contributed by atoms with van der Waals surface area (Å²) in [6, 6.07) is 7.23. The normalized spacial score (nSPS) is 23.2. The smallest absolute Gasteiger partial charge is 0.222 e. The molecule has 2 N–H and O–H groups in total. The van der Waals surface area contributed by atoms with Crippen molar-refractivity contribution in [3.05, 3.63) is 53.8 Å². The van der Waals surface area contributed by atoms with E-state index in [1.165, 1.54) is 0 Å². The number of rotatable bonds is 7. The van der Waals surface area contributed by atoms with Crippen LogP contribution in [0.4, 0.5) is 0 Å². The number of amides is 1. The number of nitrogens with zero attached hydrogens (tertiary/aromatic N) is 1. The van der Waals surface area contributed by atoms with Gasteiger partial charge in [-0.15, -0.1) is 0 Å². The molecule has 2 fully saturated rings. The highest BCUT2D eigenvalue weighted by Gasteiger charge is 2.30. The molecule has 0 saturated carbocycles. The molecule has 0 spiro atoms. The molecule has 0 radical (unpaired) electrons. The molecule has 2 atom stereocenters. The van der Waals surface area contributed by atoms with Gasteiger partial charge >= 0.3 is 0 Å². The first-order valence-electron chi connectivity index (χ1n) is 11.4. The average molecular weight is 438 g/mol. The van der Waals surface area contributed by atoms with Crippen LogP contribution in [-0.2, 0) is 9.59 Å². The number of carbonyl (C=O) groups excluding carboxylic acids is 3. The van der Waals surface area contributed by atoms with Gasteiger partial charge in [-0.3, -0.25) is 19.7 Å². The molecule has 2 heterocycles. The van der Waals surface area contributed by atoms with E-state index < -0.39 is 0 Å². The van der Waals surface area contributed by atoms with Crippen LogP contribution >= 0.6 is 0 Å². The van der Waals surface area contributed by atoms with E-state index in [9.17, 15) is 14.4 Å². The first kappa shape index (κ1) is 22.3. The van der Waals surface area contributed by atoms with E-state index in [4.69, 9.17) is 4.74 Å². The Morgan fingerprint density at radius 1 is 1.16 bits per heavy atom. The number of hydrogen-bond donors (Lipinski definition) is 2. The van der Waals surface area contributed by atoms with Crippen LogP contribution in [-0.4, -0.2) is 55.3 Å². The Morgan fingerprint density at radius 2 is 1.91 bits per heavy atom. The standard InChI is InChI=1S/C25H31N3O4/c1-32-19-10-8-17(9-11-19)25(31)18-12-14-28(15-13-18)24(30)7-3-6-23-26-16-20-21(27-23)4-2-5-22(20)29/h2,4-5,8-11,18,20,23,26-27H,3,6-7,12-16H2,1H3. The summed E-state index contributed by atoms with van der Waals surface area (Å²) in [7, 11) is 1.61. The zero-order valence-corrected chi connectivity index (χ0v) is 18.5. The van der Waals surface area contributed by atoms with Crippen LogP contribution in [0.5, 0.6) is 5.75 Å². The SMILES string of the molecule is COc1ccc(C(=O)C2CCN(C(=O)CCCC3NCC4C(=O)C=CC=C4N3)CC2)cc1. The van der Waals surface area contributed by atoms with Crippen LogP contribution in [0.15, 0.2) is 48.2 Å². The second-order valence-corrected chi connectivity index (χ2v) is 8.68. The van der Waals surface area contributed by atoms with E-state index in [2.05, 4.69) is 10.6 Å². The molecule has 4 rings (SSSR count). The number of Topliss-reactive ketones (excluding diaryl/α,β-unsaturated/α-hetero) is 1. The minimum Gasteiger partial charge on any atom is -0.497 e. The van der Waals surface area contributed by atoms with Gasteiger partial charge in [0, 0.05) is 43.2 Å². The summed E-state index contributed by atoms with van der Waals surface area (Å²) in [5.74, 6) is 1.03. The molecule has 0 bridgehead atoms. The second kappa shape index (κ2) is 10.1. The molecule has 2 aliphatic heterocycles. The monoisotopic (exact) mass is 437 g/mol.